The van der Waals surface area contributed by atoms with Gasteiger partial charge >= 0.3 is 0 Å². The Bertz CT molecular complexity index is 577. The molecule has 2 aromatic carbocycles. The van der Waals surface area contributed by atoms with E-state index in [0.717, 1.165) is 18.8 Å². The smallest absolute Gasteiger partial charge is 0.142 e. The van der Waals surface area contributed by atoms with Crippen LogP contribution in [-0.4, -0.2) is 11.6 Å². The SMILES string of the molecule is Cc1cc(C)c2c(c1)CN(Cc1ccccc1)CO2. The van der Waals surface area contributed by atoms with Crippen LogP contribution in [0, 0.1) is 13.8 Å². The average Bonchev–Trinajstić information content (AvgIpc) is 2.39. The molecule has 1 heterocycles. The standard InChI is InChI=1S/C17H19NO/c1-13-8-14(2)17-16(9-13)11-18(12-19-17)10-15-6-4-3-5-7-15/h3-9H,10-12H2,1-2H3. The Morgan fingerprint density at radius 1 is 1.11 bits per heavy atom. The molecule has 0 bridgehead atoms. The molecule has 0 N–H and O–H groups in total. The number of hydrogen-bond acceptors (Lipinski definition) is 2. The highest BCUT2D eigenvalue weighted by Crippen LogP contribution is 2.30. The van der Waals surface area contributed by atoms with Crippen molar-refractivity contribution >= 4 is 0 Å². The van der Waals surface area contributed by atoms with Crippen LogP contribution >= 0.6 is 0 Å². The molecule has 2 aromatic rings. The van der Waals surface area contributed by atoms with E-state index >= 15 is 0 Å². The molecule has 1 aliphatic rings. The van der Waals surface area contributed by atoms with E-state index in [1.165, 1.54) is 22.3 Å². The second-order valence-corrected chi connectivity index (χ2v) is 5.32. The Balaban J connectivity index is 1.79. The quantitative estimate of drug-likeness (QED) is 0.810. The fourth-order valence-corrected chi connectivity index (χ4v) is 2.75. The van der Waals surface area contributed by atoms with Gasteiger partial charge in [-0.05, 0) is 25.0 Å². The minimum Gasteiger partial charge on any atom is -0.478 e. The summed E-state index contributed by atoms with van der Waals surface area (Å²) >= 11 is 0. The lowest BCUT2D eigenvalue weighted by Gasteiger charge is -2.30. The van der Waals surface area contributed by atoms with Crippen LogP contribution in [0.2, 0.25) is 0 Å². The molecular formula is C17H19NO. The van der Waals surface area contributed by atoms with Crippen molar-refractivity contribution in [1.29, 1.82) is 0 Å². The third kappa shape index (κ3) is 2.64. The zero-order valence-electron chi connectivity index (χ0n) is 11.5. The monoisotopic (exact) mass is 253 g/mol. The second kappa shape index (κ2) is 5.06. The molecule has 98 valence electrons. The Labute approximate surface area is 114 Å². The fourth-order valence-electron chi connectivity index (χ4n) is 2.75. The zero-order chi connectivity index (χ0) is 13.2. The van der Waals surface area contributed by atoms with Crippen molar-refractivity contribution in [2.75, 3.05) is 6.73 Å². The predicted molar refractivity (Wildman–Crippen MR) is 77.1 cm³/mol. The molecule has 1 aliphatic heterocycles. The van der Waals surface area contributed by atoms with Gasteiger partial charge in [0, 0.05) is 18.7 Å². The summed E-state index contributed by atoms with van der Waals surface area (Å²) in [4.78, 5) is 2.33. The molecule has 3 rings (SSSR count). The van der Waals surface area contributed by atoms with Crippen LogP contribution in [0.15, 0.2) is 42.5 Å². The lowest BCUT2D eigenvalue weighted by atomic mass is 10.0. The fraction of sp³-hybridized carbons (Fsp3) is 0.294. The zero-order valence-corrected chi connectivity index (χ0v) is 11.5. The molecule has 0 amide bonds. The van der Waals surface area contributed by atoms with E-state index in [4.69, 9.17) is 4.74 Å². The first-order chi connectivity index (χ1) is 9.22. The Kier molecular flexibility index (Phi) is 3.26. The van der Waals surface area contributed by atoms with E-state index in [1.54, 1.807) is 0 Å². The van der Waals surface area contributed by atoms with Crippen LogP contribution in [0.1, 0.15) is 22.3 Å². The summed E-state index contributed by atoms with van der Waals surface area (Å²) in [6.45, 7) is 6.84. The van der Waals surface area contributed by atoms with E-state index < -0.39 is 0 Å². The third-order valence-electron chi connectivity index (χ3n) is 3.53. The van der Waals surface area contributed by atoms with Gasteiger partial charge in [-0.25, -0.2) is 0 Å². The molecule has 0 fully saturated rings. The molecule has 0 saturated heterocycles. The van der Waals surface area contributed by atoms with Crippen molar-refractivity contribution in [2.24, 2.45) is 0 Å². The molecule has 0 spiro atoms. The van der Waals surface area contributed by atoms with Gasteiger partial charge in [0.05, 0.1) is 0 Å². The summed E-state index contributed by atoms with van der Waals surface area (Å²) in [5, 5.41) is 0. The summed E-state index contributed by atoms with van der Waals surface area (Å²) < 4.78 is 5.92. The van der Waals surface area contributed by atoms with Crippen LogP contribution < -0.4 is 4.74 Å². The highest BCUT2D eigenvalue weighted by molar-refractivity contribution is 5.44. The third-order valence-corrected chi connectivity index (χ3v) is 3.53. The first kappa shape index (κ1) is 12.2. The van der Waals surface area contributed by atoms with Crippen molar-refractivity contribution in [3.05, 3.63) is 64.7 Å². The van der Waals surface area contributed by atoms with Crippen LogP contribution in [0.3, 0.4) is 0 Å². The van der Waals surface area contributed by atoms with Crippen LogP contribution in [-0.2, 0) is 13.1 Å². The topological polar surface area (TPSA) is 12.5 Å². The summed E-state index contributed by atoms with van der Waals surface area (Å²) in [6, 6.07) is 15.0. The average molecular weight is 253 g/mol. The van der Waals surface area contributed by atoms with E-state index in [2.05, 4.69) is 61.2 Å². The van der Waals surface area contributed by atoms with Crippen molar-refractivity contribution in [1.82, 2.24) is 4.90 Å². The first-order valence-corrected chi connectivity index (χ1v) is 6.71. The van der Waals surface area contributed by atoms with Crippen LogP contribution in [0.25, 0.3) is 0 Å². The first-order valence-electron chi connectivity index (χ1n) is 6.71. The second-order valence-electron chi connectivity index (χ2n) is 5.32. The molecule has 0 aromatic heterocycles. The number of fused-ring (bicyclic) bond motifs is 1. The summed E-state index contributed by atoms with van der Waals surface area (Å²) in [5.74, 6) is 1.08. The maximum Gasteiger partial charge on any atom is 0.142 e. The summed E-state index contributed by atoms with van der Waals surface area (Å²) in [6.07, 6.45) is 0. The highest BCUT2D eigenvalue weighted by Gasteiger charge is 2.19. The van der Waals surface area contributed by atoms with Crippen molar-refractivity contribution in [3.8, 4) is 5.75 Å². The lowest BCUT2D eigenvalue weighted by molar-refractivity contribution is 0.0879. The largest absolute Gasteiger partial charge is 0.478 e. The molecule has 2 nitrogen and oxygen atoms in total. The number of nitrogens with zero attached hydrogens (tertiary/aromatic N) is 1. The Morgan fingerprint density at radius 3 is 2.68 bits per heavy atom. The van der Waals surface area contributed by atoms with E-state index in [1.807, 2.05) is 0 Å². The summed E-state index contributed by atoms with van der Waals surface area (Å²) in [7, 11) is 0. The van der Waals surface area contributed by atoms with Gasteiger partial charge in [0.15, 0.2) is 0 Å². The van der Waals surface area contributed by atoms with Crippen molar-refractivity contribution < 1.29 is 4.74 Å². The van der Waals surface area contributed by atoms with E-state index in [9.17, 15) is 0 Å². The van der Waals surface area contributed by atoms with Gasteiger partial charge in [-0.2, -0.15) is 0 Å². The maximum absolute atomic E-state index is 5.92. The minimum absolute atomic E-state index is 0.672. The molecule has 0 radical (unpaired) electrons. The van der Waals surface area contributed by atoms with Gasteiger partial charge in [0.25, 0.3) is 0 Å². The normalized spacial score (nSPS) is 14.8. The molecule has 0 saturated carbocycles. The highest BCUT2D eigenvalue weighted by atomic mass is 16.5. The minimum atomic E-state index is 0.672. The van der Waals surface area contributed by atoms with Gasteiger partial charge < -0.3 is 4.74 Å². The molecule has 0 atom stereocenters. The van der Waals surface area contributed by atoms with Gasteiger partial charge in [-0.15, -0.1) is 0 Å². The summed E-state index contributed by atoms with van der Waals surface area (Å²) in [5.41, 5.74) is 5.19. The van der Waals surface area contributed by atoms with Gasteiger partial charge in [0.2, 0.25) is 0 Å². The molecule has 0 unspecified atom stereocenters. The Hall–Kier alpha value is -1.80. The van der Waals surface area contributed by atoms with Crippen LogP contribution in [0.5, 0.6) is 5.75 Å². The number of aryl methyl sites for hydroxylation is 2. The van der Waals surface area contributed by atoms with E-state index in [0.29, 0.717) is 6.73 Å². The van der Waals surface area contributed by atoms with Gasteiger partial charge in [-0.3, -0.25) is 4.90 Å². The molecule has 0 aliphatic carbocycles. The molecular weight excluding hydrogens is 234 g/mol. The lowest BCUT2D eigenvalue weighted by Crippen LogP contribution is -2.31. The molecule has 19 heavy (non-hydrogen) atoms. The molecule has 2 heteroatoms. The Morgan fingerprint density at radius 2 is 1.89 bits per heavy atom. The number of rotatable bonds is 2. The van der Waals surface area contributed by atoms with E-state index in [-0.39, 0.29) is 0 Å². The number of hydrogen-bond donors (Lipinski definition) is 0. The predicted octanol–water partition coefficient (Wildman–Crippen LogP) is 3.66. The number of ether oxygens (including phenoxy) is 1. The van der Waals surface area contributed by atoms with Gasteiger partial charge in [-0.1, -0.05) is 48.0 Å². The van der Waals surface area contributed by atoms with Crippen molar-refractivity contribution in [2.45, 2.75) is 26.9 Å². The van der Waals surface area contributed by atoms with Crippen LogP contribution in [0.4, 0.5) is 0 Å². The maximum atomic E-state index is 5.92. The number of benzene rings is 2. The van der Waals surface area contributed by atoms with Gasteiger partial charge in [0.1, 0.15) is 12.5 Å². The van der Waals surface area contributed by atoms with Crippen molar-refractivity contribution in [3.63, 3.8) is 0 Å².